The van der Waals surface area contributed by atoms with Crippen LogP contribution < -0.4 is 5.32 Å². The summed E-state index contributed by atoms with van der Waals surface area (Å²) < 4.78 is 7.40. The molecule has 1 saturated heterocycles. The highest BCUT2D eigenvalue weighted by Crippen LogP contribution is 2.25. The van der Waals surface area contributed by atoms with Gasteiger partial charge in [-0.05, 0) is 46.3 Å². The van der Waals surface area contributed by atoms with E-state index >= 15 is 0 Å². The van der Waals surface area contributed by atoms with Crippen molar-refractivity contribution in [2.45, 2.75) is 32.2 Å². The van der Waals surface area contributed by atoms with Crippen LogP contribution in [0.3, 0.4) is 0 Å². The summed E-state index contributed by atoms with van der Waals surface area (Å²) in [5, 5.41) is 3.44. The van der Waals surface area contributed by atoms with Crippen molar-refractivity contribution in [1.82, 2.24) is 14.5 Å². The van der Waals surface area contributed by atoms with Gasteiger partial charge in [-0.25, -0.2) is 4.98 Å². The van der Waals surface area contributed by atoms with Crippen LogP contribution in [-0.4, -0.2) is 54.8 Å². The van der Waals surface area contributed by atoms with Crippen molar-refractivity contribution < 1.29 is 4.74 Å². The monoisotopic (exact) mass is 266 g/mol. The van der Waals surface area contributed by atoms with E-state index in [2.05, 4.69) is 39.9 Å². The Morgan fingerprint density at radius 1 is 1.42 bits per heavy atom. The van der Waals surface area contributed by atoms with Crippen molar-refractivity contribution in [3.05, 3.63) is 11.9 Å². The summed E-state index contributed by atoms with van der Waals surface area (Å²) in [5.74, 6) is 1.02. The van der Waals surface area contributed by atoms with Crippen LogP contribution in [0, 0.1) is 6.92 Å². The quantitative estimate of drug-likeness (QED) is 0.799. The molecule has 0 aliphatic carbocycles. The number of nitrogens with zero attached hydrogens (tertiary/aromatic N) is 3. The Morgan fingerprint density at radius 2 is 2.16 bits per heavy atom. The summed E-state index contributed by atoms with van der Waals surface area (Å²) >= 11 is 0. The van der Waals surface area contributed by atoms with Crippen LogP contribution in [0.25, 0.3) is 0 Å². The predicted octanol–water partition coefficient (Wildman–Crippen LogP) is 1.91. The molecule has 0 saturated carbocycles. The molecule has 1 aliphatic heterocycles. The van der Waals surface area contributed by atoms with Gasteiger partial charge in [-0.1, -0.05) is 0 Å². The first-order valence-corrected chi connectivity index (χ1v) is 7.17. The van der Waals surface area contributed by atoms with E-state index in [4.69, 9.17) is 4.74 Å². The Balaban J connectivity index is 1.95. The lowest BCUT2D eigenvalue weighted by atomic mass is 10.1. The smallest absolute Gasteiger partial charge is 0.203 e. The minimum atomic E-state index is 0.585. The van der Waals surface area contributed by atoms with Gasteiger partial charge in [-0.2, -0.15) is 0 Å². The number of imidazole rings is 1. The van der Waals surface area contributed by atoms with E-state index in [1.165, 1.54) is 25.9 Å². The Labute approximate surface area is 116 Å². The third-order valence-corrected chi connectivity index (χ3v) is 3.74. The summed E-state index contributed by atoms with van der Waals surface area (Å²) in [6, 6.07) is 0.585. The molecule has 0 unspecified atom stereocenters. The van der Waals surface area contributed by atoms with Gasteiger partial charge in [0.2, 0.25) is 5.95 Å². The van der Waals surface area contributed by atoms with Crippen molar-refractivity contribution in [1.29, 1.82) is 0 Å². The lowest BCUT2D eigenvalue weighted by molar-refractivity contribution is 0.197. The number of rotatable bonds is 6. The minimum Gasteiger partial charge on any atom is -0.385 e. The fraction of sp³-hybridized carbons (Fsp3) is 0.786. The van der Waals surface area contributed by atoms with Crippen LogP contribution in [0.4, 0.5) is 5.95 Å². The molecule has 0 aromatic carbocycles. The summed E-state index contributed by atoms with van der Waals surface area (Å²) in [7, 11) is 3.93. The number of aromatic nitrogens is 2. The van der Waals surface area contributed by atoms with Gasteiger partial charge in [0.15, 0.2) is 0 Å². The second kappa shape index (κ2) is 6.91. The number of hydrogen-bond donors (Lipinski definition) is 1. The maximum Gasteiger partial charge on any atom is 0.203 e. The number of nitrogens with one attached hydrogen (secondary N) is 1. The molecule has 19 heavy (non-hydrogen) atoms. The Bertz CT molecular complexity index is 383. The van der Waals surface area contributed by atoms with Crippen molar-refractivity contribution >= 4 is 5.95 Å². The fourth-order valence-corrected chi connectivity index (χ4v) is 2.62. The molecule has 1 N–H and O–H groups in total. The number of ether oxygens (including phenoxy) is 1. The highest BCUT2D eigenvalue weighted by Gasteiger charge is 2.20. The van der Waals surface area contributed by atoms with E-state index in [1.807, 2.05) is 0 Å². The van der Waals surface area contributed by atoms with E-state index in [0.29, 0.717) is 6.04 Å². The fourth-order valence-electron chi connectivity index (χ4n) is 2.62. The molecule has 2 rings (SSSR count). The molecule has 0 atom stereocenters. The molecule has 1 fully saturated rings. The van der Waals surface area contributed by atoms with Crippen molar-refractivity contribution in [2.24, 2.45) is 0 Å². The van der Waals surface area contributed by atoms with E-state index in [0.717, 1.165) is 31.2 Å². The van der Waals surface area contributed by atoms with Crippen LogP contribution >= 0.6 is 0 Å². The first kappa shape index (κ1) is 14.3. The number of aryl methyl sites for hydroxylation is 1. The normalized spacial score (nSPS) is 17.8. The molecular weight excluding hydrogens is 240 g/mol. The standard InChI is InChI=1S/C14H26N4O/c1-12-11-18(13-5-8-17(2)9-6-13)14(16-12)15-7-4-10-19-3/h11,13H,4-10H2,1-3H3,(H,15,16). The van der Waals surface area contributed by atoms with Gasteiger partial charge in [-0.15, -0.1) is 0 Å². The molecule has 0 bridgehead atoms. The first-order chi connectivity index (χ1) is 9.20. The minimum absolute atomic E-state index is 0.585. The van der Waals surface area contributed by atoms with Gasteiger partial charge in [0.1, 0.15) is 0 Å². The molecular formula is C14H26N4O. The maximum atomic E-state index is 5.07. The van der Waals surface area contributed by atoms with Crippen LogP contribution in [0.2, 0.25) is 0 Å². The van der Waals surface area contributed by atoms with Crippen LogP contribution in [0.5, 0.6) is 0 Å². The Kier molecular flexibility index (Phi) is 5.22. The average molecular weight is 266 g/mol. The van der Waals surface area contributed by atoms with Crippen molar-refractivity contribution in [3.8, 4) is 0 Å². The van der Waals surface area contributed by atoms with Gasteiger partial charge in [0, 0.05) is 32.5 Å². The largest absolute Gasteiger partial charge is 0.385 e. The molecule has 5 heteroatoms. The van der Waals surface area contributed by atoms with Gasteiger partial charge < -0.3 is 19.5 Å². The zero-order chi connectivity index (χ0) is 13.7. The van der Waals surface area contributed by atoms with Gasteiger partial charge in [0.25, 0.3) is 0 Å². The molecule has 1 aromatic rings. The number of piperidine rings is 1. The van der Waals surface area contributed by atoms with Crippen LogP contribution in [-0.2, 0) is 4.74 Å². The molecule has 1 aromatic heterocycles. The predicted molar refractivity (Wildman–Crippen MR) is 77.7 cm³/mol. The van der Waals surface area contributed by atoms with E-state index in [9.17, 15) is 0 Å². The lowest BCUT2D eigenvalue weighted by Crippen LogP contribution is -2.31. The number of likely N-dealkylation sites (tertiary alicyclic amines) is 1. The van der Waals surface area contributed by atoms with E-state index in [-0.39, 0.29) is 0 Å². The lowest BCUT2D eigenvalue weighted by Gasteiger charge is -2.30. The highest BCUT2D eigenvalue weighted by molar-refractivity contribution is 5.29. The summed E-state index contributed by atoms with van der Waals surface area (Å²) in [4.78, 5) is 6.99. The number of methoxy groups -OCH3 is 1. The molecule has 2 heterocycles. The molecule has 0 spiro atoms. The summed E-state index contributed by atoms with van der Waals surface area (Å²) in [6.07, 6.45) is 5.60. The molecule has 108 valence electrons. The second-order valence-corrected chi connectivity index (χ2v) is 5.42. The Hall–Kier alpha value is -1.07. The maximum absolute atomic E-state index is 5.07. The number of anilines is 1. The summed E-state index contributed by atoms with van der Waals surface area (Å²) in [6.45, 7) is 6.11. The second-order valence-electron chi connectivity index (χ2n) is 5.42. The topological polar surface area (TPSA) is 42.3 Å². The molecule has 1 aliphatic rings. The van der Waals surface area contributed by atoms with Crippen LogP contribution in [0.1, 0.15) is 31.0 Å². The third-order valence-electron chi connectivity index (χ3n) is 3.74. The van der Waals surface area contributed by atoms with Gasteiger partial charge in [0.05, 0.1) is 5.69 Å². The van der Waals surface area contributed by atoms with Gasteiger partial charge in [-0.3, -0.25) is 0 Å². The average Bonchev–Trinajstić information content (AvgIpc) is 2.77. The number of hydrogen-bond acceptors (Lipinski definition) is 4. The van der Waals surface area contributed by atoms with Crippen LogP contribution in [0.15, 0.2) is 6.20 Å². The molecule has 0 radical (unpaired) electrons. The molecule has 0 amide bonds. The van der Waals surface area contributed by atoms with Crippen molar-refractivity contribution in [3.63, 3.8) is 0 Å². The zero-order valence-corrected chi connectivity index (χ0v) is 12.4. The summed E-state index contributed by atoms with van der Waals surface area (Å²) in [5.41, 5.74) is 1.09. The first-order valence-electron chi connectivity index (χ1n) is 7.17. The van der Waals surface area contributed by atoms with E-state index in [1.54, 1.807) is 7.11 Å². The zero-order valence-electron chi connectivity index (χ0n) is 12.4. The van der Waals surface area contributed by atoms with Gasteiger partial charge >= 0.3 is 0 Å². The molecule has 5 nitrogen and oxygen atoms in total. The Morgan fingerprint density at radius 3 is 2.84 bits per heavy atom. The van der Waals surface area contributed by atoms with Crippen molar-refractivity contribution in [2.75, 3.05) is 45.7 Å². The van der Waals surface area contributed by atoms with E-state index < -0.39 is 0 Å². The SMILES string of the molecule is COCCCNc1nc(C)cn1C1CCN(C)CC1. The third kappa shape index (κ3) is 3.94. The highest BCUT2D eigenvalue weighted by atomic mass is 16.5.